The van der Waals surface area contributed by atoms with Gasteiger partial charge in [-0.1, -0.05) is 42.5 Å². The van der Waals surface area contributed by atoms with E-state index in [1.165, 1.54) is 0 Å². The Morgan fingerprint density at radius 2 is 1.58 bits per heavy atom. The van der Waals surface area contributed by atoms with Crippen molar-refractivity contribution in [1.29, 1.82) is 0 Å². The molecule has 0 spiro atoms. The molecule has 6 heteroatoms. The van der Waals surface area contributed by atoms with Crippen molar-refractivity contribution in [3.8, 4) is 0 Å². The van der Waals surface area contributed by atoms with Crippen LogP contribution in [0.25, 0.3) is 10.8 Å². The van der Waals surface area contributed by atoms with Gasteiger partial charge in [-0.2, -0.15) is 0 Å². The molecule has 26 heavy (non-hydrogen) atoms. The Morgan fingerprint density at radius 1 is 0.923 bits per heavy atom. The van der Waals surface area contributed by atoms with Crippen LogP contribution in [0.4, 0.5) is 8.78 Å². The average Bonchev–Trinajstić information content (AvgIpc) is 2.60. The van der Waals surface area contributed by atoms with Crippen LogP contribution in [-0.2, 0) is 11.2 Å². The molecule has 0 unspecified atom stereocenters. The molecule has 1 atom stereocenters. The molecule has 132 valence electrons. The molecule has 3 aromatic rings. The number of hydrogen-bond donors (Lipinski definition) is 2. The zero-order chi connectivity index (χ0) is 18.7. The molecule has 1 amide bonds. The summed E-state index contributed by atoms with van der Waals surface area (Å²) in [5.74, 6) is -3.90. The Bertz CT molecular complexity index is 967. The highest BCUT2D eigenvalue weighted by Gasteiger charge is 2.22. The maximum Gasteiger partial charge on any atom is 0.326 e. The molecule has 2 N–H and O–H groups in total. The fourth-order valence-electron chi connectivity index (χ4n) is 2.73. The summed E-state index contributed by atoms with van der Waals surface area (Å²) in [6, 6.07) is 14.2. The molecular weight excluding hydrogens is 340 g/mol. The van der Waals surface area contributed by atoms with E-state index in [0.29, 0.717) is 6.07 Å². The summed E-state index contributed by atoms with van der Waals surface area (Å²) in [6.07, 6.45) is 0.0453. The number of carbonyl (C=O) groups excluding carboxylic acids is 1. The Hall–Kier alpha value is -3.28. The third-order valence-corrected chi connectivity index (χ3v) is 3.98. The first-order chi connectivity index (χ1) is 12.4. The summed E-state index contributed by atoms with van der Waals surface area (Å²) < 4.78 is 26.5. The lowest BCUT2D eigenvalue weighted by atomic mass is 10.0. The van der Waals surface area contributed by atoms with E-state index in [2.05, 4.69) is 5.32 Å². The van der Waals surface area contributed by atoms with E-state index in [1.807, 2.05) is 36.4 Å². The van der Waals surface area contributed by atoms with E-state index < -0.39 is 29.6 Å². The van der Waals surface area contributed by atoms with Crippen LogP contribution in [0.2, 0.25) is 0 Å². The Morgan fingerprint density at radius 3 is 2.23 bits per heavy atom. The van der Waals surface area contributed by atoms with Gasteiger partial charge in [0, 0.05) is 18.1 Å². The minimum Gasteiger partial charge on any atom is -0.480 e. The fourth-order valence-corrected chi connectivity index (χ4v) is 2.73. The highest BCUT2D eigenvalue weighted by atomic mass is 19.1. The number of nitrogens with one attached hydrogen (secondary N) is 1. The van der Waals surface area contributed by atoms with Crippen molar-refractivity contribution in [2.45, 2.75) is 12.5 Å². The van der Waals surface area contributed by atoms with Crippen LogP contribution in [0, 0.1) is 11.6 Å². The van der Waals surface area contributed by atoms with Crippen molar-refractivity contribution >= 4 is 22.6 Å². The standard InChI is InChI=1S/C20H15F2NO3/c21-16-9-15(10-17(22)11-16)19(24)23-18(20(25)26)8-12-5-6-13-3-1-2-4-14(13)7-12/h1-7,9-11,18H,8H2,(H,23,24)(H,25,26)/t18-/m1/s1. The van der Waals surface area contributed by atoms with E-state index in [0.717, 1.165) is 28.5 Å². The monoisotopic (exact) mass is 355 g/mol. The number of carboxylic acids is 1. The highest BCUT2D eigenvalue weighted by Crippen LogP contribution is 2.17. The van der Waals surface area contributed by atoms with E-state index >= 15 is 0 Å². The summed E-state index contributed by atoms with van der Waals surface area (Å²) in [6.45, 7) is 0. The molecule has 0 heterocycles. The number of benzene rings is 3. The van der Waals surface area contributed by atoms with Gasteiger partial charge in [0.15, 0.2) is 0 Å². The molecule has 0 aliphatic heterocycles. The van der Waals surface area contributed by atoms with Crippen LogP contribution < -0.4 is 5.32 Å². The lowest BCUT2D eigenvalue weighted by Gasteiger charge is -2.15. The summed E-state index contributed by atoms with van der Waals surface area (Å²) in [4.78, 5) is 23.7. The van der Waals surface area contributed by atoms with Gasteiger partial charge in [0.2, 0.25) is 0 Å². The topological polar surface area (TPSA) is 66.4 Å². The number of carboxylic acid groups (broad SMARTS) is 1. The van der Waals surface area contributed by atoms with E-state index in [1.54, 1.807) is 6.07 Å². The largest absolute Gasteiger partial charge is 0.480 e. The number of amides is 1. The van der Waals surface area contributed by atoms with Gasteiger partial charge < -0.3 is 10.4 Å². The number of rotatable bonds is 5. The van der Waals surface area contributed by atoms with Crippen LogP contribution in [0.1, 0.15) is 15.9 Å². The Kier molecular flexibility index (Phi) is 4.93. The molecule has 0 aliphatic carbocycles. The van der Waals surface area contributed by atoms with E-state index in [-0.39, 0.29) is 12.0 Å². The summed E-state index contributed by atoms with van der Waals surface area (Å²) in [5, 5.41) is 13.7. The molecule has 0 fully saturated rings. The van der Waals surface area contributed by atoms with Gasteiger partial charge >= 0.3 is 5.97 Å². The summed E-state index contributed by atoms with van der Waals surface area (Å²) in [5.41, 5.74) is 0.453. The maximum absolute atomic E-state index is 13.2. The molecule has 0 saturated carbocycles. The molecular formula is C20H15F2NO3. The van der Waals surface area contributed by atoms with Gasteiger partial charge in [0.25, 0.3) is 5.91 Å². The third kappa shape index (κ3) is 4.03. The molecule has 4 nitrogen and oxygen atoms in total. The first-order valence-electron chi connectivity index (χ1n) is 7.90. The van der Waals surface area contributed by atoms with Crippen LogP contribution in [0.5, 0.6) is 0 Å². The Labute approximate surface area is 148 Å². The second-order valence-electron chi connectivity index (χ2n) is 5.91. The SMILES string of the molecule is O=C(N[C@H](Cc1ccc2ccccc2c1)C(=O)O)c1cc(F)cc(F)c1. The van der Waals surface area contributed by atoms with Crippen molar-refractivity contribution in [2.75, 3.05) is 0 Å². The van der Waals surface area contributed by atoms with Crippen LogP contribution >= 0.6 is 0 Å². The zero-order valence-electron chi connectivity index (χ0n) is 13.6. The molecule has 0 radical (unpaired) electrons. The fraction of sp³-hybridized carbons (Fsp3) is 0.100. The third-order valence-electron chi connectivity index (χ3n) is 3.98. The minimum atomic E-state index is -1.23. The van der Waals surface area contributed by atoms with Gasteiger partial charge in [-0.25, -0.2) is 13.6 Å². The van der Waals surface area contributed by atoms with Gasteiger partial charge in [-0.3, -0.25) is 4.79 Å². The molecule has 0 saturated heterocycles. The lowest BCUT2D eigenvalue weighted by molar-refractivity contribution is -0.139. The summed E-state index contributed by atoms with van der Waals surface area (Å²) in [7, 11) is 0. The average molecular weight is 355 g/mol. The number of halogens is 2. The molecule has 0 aromatic heterocycles. The predicted octanol–water partition coefficient (Wildman–Crippen LogP) is 3.54. The van der Waals surface area contributed by atoms with Crippen LogP contribution in [-0.4, -0.2) is 23.0 Å². The first-order valence-corrected chi connectivity index (χ1v) is 7.90. The Balaban J connectivity index is 1.80. The van der Waals surface area contributed by atoms with Crippen molar-refractivity contribution < 1.29 is 23.5 Å². The quantitative estimate of drug-likeness (QED) is 0.736. The predicted molar refractivity (Wildman–Crippen MR) is 92.9 cm³/mol. The van der Waals surface area contributed by atoms with Gasteiger partial charge in [0.05, 0.1) is 0 Å². The summed E-state index contributed by atoms with van der Waals surface area (Å²) >= 11 is 0. The van der Waals surface area contributed by atoms with E-state index in [4.69, 9.17) is 0 Å². The van der Waals surface area contributed by atoms with Crippen LogP contribution in [0.3, 0.4) is 0 Å². The van der Waals surface area contributed by atoms with Crippen molar-refractivity contribution in [2.24, 2.45) is 0 Å². The first kappa shape index (κ1) is 17.5. The highest BCUT2D eigenvalue weighted by molar-refractivity contribution is 5.96. The number of carbonyl (C=O) groups is 2. The normalized spacial score (nSPS) is 11.9. The van der Waals surface area contributed by atoms with Crippen molar-refractivity contribution in [1.82, 2.24) is 5.32 Å². The van der Waals surface area contributed by atoms with E-state index in [9.17, 15) is 23.5 Å². The van der Waals surface area contributed by atoms with Crippen LogP contribution in [0.15, 0.2) is 60.7 Å². The van der Waals surface area contributed by atoms with Gasteiger partial charge in [-0.15, -0.1) is 0 Å². The molecule has 3 rings (SSSR count). The smallest absolute Gasteiger partial charge is 0.326 e. The minimum absolute atomic E-state index is 0.0453. The molecule has 0 aliphatic rings. The number of fused-ring (bicyclic) bond motifs is 1. The lowest BCUT2D eigenvalue weighted by Crippen LogP contribution is -2.42. The molecule has 0 bridgehead atoms. The number of hydrogen-bond acceptors (Lipinski definition) is 2. The maximum atomic E-state index is 13.2. The van der Waals surface area contributed by atoms with Gasteiger partial charge in [-0.05, 0) is 28.5 Å². The zero-order valence-corrected chi connectivity index (χ0v) is 13.6. The second kappa shape index (κ2) is 7.31. The van der Waals surface area contributed by atoms with Crippen molar-refractivity contribution in [3.63, 3.8) is 0 Å². The van der Waals surface area contributed by atoms with Gasteiger partial charge in [0.1, 0.15) is 17.7 Å². The second-order valence-corrected chi connectivity index (χ2v) is 5.91. The molecule has 3 aromatic carbocycles. The van der Waals surface area contributed by atoms with Crippen molar-refractivity contribution in [3.05, 3.63) is 83.4 Å². The number of aliphatic carboxylic acids is 1.